The minimum Gasteiger partial charge on any atom is -0.309 e. The Balaban J connectivity index is 1.24. The van der Waals surface area contributed by atoms with Gasteiger partial charge < -0.3 is 9.47 Å². The summed E-state index contributed by atoms with van der Waals surface area (Å²) in [6.07, 6.45) is 0. The molecule has 258 valence electrons. The smallest absolute Gasteiger partial charge is 0.0640 e. The molecule has 2 heterocycles. The molecule has 9 aromatic carbocycles. The van der Waals surface area contributed by atoms with Gasteiger partial charge in [-0.1, -0.05) is 158 Å². The third-order valence-electron chi connectivity index (χ3n) is 11.0. The Morgan fingerprint density at radius 2 is 1.00 bits per heavy atom. The van der Waals surface area contributed by atoms with E-state index in [-0.39, 0.29) is 0 Å². The van der Waals surface area contributed by atoms with Crippen LogP contribution in [0.1, 0.15) is 0 Å². The van der Waals surface area contributed by atoms with Gasteiger partial charge >= 0.3 is 0 Å². The Labute approximate surface area is 323 Å². The first-order valence-electron chi connectivity index (χ1n) is 18.8. The van der Waals surface area contributed by atoms with E-state index >= 15 is 0 Å². The molecule has 3 heteroatoms. The van der Waals surface area contributed by atoms with Gasteiger partial charge in [0.1, 0.15) is 0 Å². The number of aromatic nitrogens is 1. The molecule has 0 saturated heterocycles. The number of rotatable bonds is 6. The number of fused-ring (bicyclic) bond motifs is 7. The molecule has 11 rings (SSSR count). The van der Waals surface area contributed by atoms with Crippen LogP contribution in [0.15, 0.2) is 206 Å². The summed E-state index contributed by atoms with van der Waals surface area (Å²) in [5.41, 5.74) is 11.7. The predicted molar refractivity (Wildman–Crippen MR) is 237 cm³/mol. The van der Waals surface area contributed by atoms with Crippen LogP contribution in [0.2, 0.25) is 0 Å². The fraction of sp³-hybridized carbons (Fsp3) is 0. The monoisotopic (exact) mass is 718 g/mol. The van der Waals surface area contributed by atoms with Crippen molar-refractivity contribution in [3.8, 4) is 27.9 Å². The minimum absolute atomic E-state index is 1.11. The number of hydrogen-bond donors (Lipinski definition) is 0. The van der Waals surface area contributed by atoms with Crippen molar-refractivity contribution < 1.29 is 0 Å². The number of nitrogens with zero attached hydrogens (tertiary/aromatic N) is 2. The maximum atomic E-state index is 2.50. The number of thiophene rings is 1. The second-order valence-electron chi connectivity index (χ2n) is 14.1. The Hall–Kier alpha value is -6.94. The van der Waals surface area contributed by atoms with E-state index < -0.39 is 0 Å². The zero-order chi connectivity index (χ0) is 36.3. The Morgan fingerprint density at radius 1 is 0.400 bits per heavy atom. The maximum Gasteiger partial charge on any atom is 0.0640 e. The highest BCUT2D eigenvalue weighted by molar-refractivity contribution is 7.26. The van der Waals surface area contributed by atoms with Gasteiger partial charge in [0.2, 0.25) is 0 Å². The van der Waals surface area contributed by atoms with Gasteiger partial charge in [0.15, 0.2) is 0 Å². The van der Waals surface area contributed by atoms with Crippen LogP contribution in [0.25, 0.3) is 80.7 Å². The second-order valence-corrected chi connectivity index (χ2v) is 15.1. The third-order valence-corrected chi connectivity index (χ3v) is 12.2. The molecule has 55 heavy (non-hydrogen) atoms. The van der Waals surface area contributed by atoms with Crippen LogP contribution in [0.5, 0.6) is 0 Å². The standard InChI is InChI=1S/C52H34N2S/c1-2-16-35(17-3-1)37-19-14-20-38(34-37)53(49-30-15-26-43-42-24-9-13-31-50(42)55-52(43)49)47-29-12-8-25-44(47)51-39-21-5-4-18-36(39)32-33-48(51)54-45-27-10-6-22-40(45)41-23-7-11-28-46(41)54/h1-34H. The Bertz CT molecular complexity index is 3170. The lowest BCUT2D eigenvalue weighted by atomic mass is 9.93. The van der Waals surface area contributed by atoms with Gasteiger partial charge in [-0.25, -0.2) is 0 Å². The number of para-hydroxylation sites is 3. The van der Waals surface area contributed by atoms with Gasteiger partial charge in [0.25, 0.3) is 0 Å². The normalized spacial score (nSPS) is 11.6. The molecule has 11 aromatic rings. The van der Waals surface area contributed by atoms with Gasteiger partial charge in [0.05, 0.1) is 32.8 Å². The van der Waals surface area contributed by atoms with Crippen molar-refractivity contribution in [1.82, 2.24) is 4.57 Å². The second kappa shape index (κ2) is 12.9. The lowest BCUT2D eigenvalue weighted by molar-refractivity contribution is 1.18. The van der Waals surface area contributed by atoms with Crippen molar-refractivity contribution in [1.29, 1.82) is 0 Å². The molecule has 2 nitrogen and oxygen atoms in total. The molecule has 0 atom stereocenters. The largest absolute Gasteiger partial charge is 0.309 e. The topological polar surface area (TPSA) is 8.17 Å². The summed E-state index contributed by atoms with van der Waals surface area (Å²) in [7, 11) is 0. The number of hydrogen-bond acceptors (Lipinski definition) is 2. The lowest BCUT2D eigenvalue weighted by Gasteiger charge is -2.30. The molecule has 0 N–H and O–H groups in total. The zero-order valence-electron chi connectivity index (χ0n) is 29.9. The zero-order valence-corrected chi connectivity index (χ0v) is 30.7. The van der Waals surface area contributed by atoms with Crippen LogP contribution < -0.4 is 4.90 Å². The highest BCUT2D eigenvalue weighted by Gasteiger charge is 2.25. The Kier molecular flexibility index (Phi) is 7.39. The molecular weight excluding hydrogens is 685 g/mol. The molecule has 0 aliphatic heterocycles. The van der Waals surface area contributed by atoms with E-state index in [2.05, 4.69) is 216 Å². The quantitative estimate of drug-likeness (QED) is 0.166. The maximum absolute atomic E-state index is 2.50. The molecule has 0 amide bonds. The van der Waals surface area contributed by atoms with Crippen molar-refractivity contribution in [3.63, 3.8) is 0 Å². The SMILES string of the molecule is c1ccc(-c2cccc(N(c3ccccc3-c3c(-n4c5ccccc5c5ccccc54)ccc4ccccc34)c3cccc4c3sc3ccccc34)c2)cc1. The molecular formula is C52H34N2S. The van der Waals surface area contributed by atoms with Crippen LogP contribution in [-0.2, 0) is 0 Å². The first-order chi connectivity index (χ1) is 27.3. The molecule has 0 saturated carbocycles. The predicted octanol–water partition coefficient (Wildman–Crippen LogP) is 15.1. The molecule has 0 aliphatic rings. The van der Waals surface area contributed by atoms with Crippen molar-refractivity contribution in [2.45, 2.75) is 0 Å². The van der Waals surface area contributed by atoms with Gasteiger partial charge in [-0.3, -0.25) is 0 Å². The van der Waals surface area contributed by atoms with Crippen LogP contribution in [0, 0.1) is 0 Å². The van der Waals surface area contributed by atoms with Crippen molar-refractivity contribution in [3.05, 3.63) is 206 Å². The highest BCUT2D eigenvalue weighted by atomic mass is 32.1. The van der Waals surface area contributed by atoms with Crippen LogP contribution in [0.4, 0.5) is 17.1 Å². The Morgan fingerprint density at radius 3 is 1.82 bits per heavy atom. The van der Waals surface area contributed by atoms with Crippen LogP contribution in [-0.4, -0.2) is 4.57 Å². The van der Waals surface area contributed by atoms with E-state index in [1.165, 1.54) is 75.0 Å². The van der Waals surface area contributed by atoms with Gasteiger partial charge in [-0.05, 0) is 70.4 Å². The summed E-state index contributed by atoms with van der Waals surface area (Å²) >= 11 is 1.87. The average molecular weight is 719 g/mol. The number of anilines is 3. The summed E-state index contributed by atoms with van der Waals surface area (Å²) in [4.78, 5) is 2.50. The molecule has 0 radical (unpaired) electrons. The van der Waals surface area contributed by atoms with E-state index in [9.17, 15) is 0 Å². The molecule has 0 fully saturated rings. The highest BCUT2D eigenvalue weighted by Crippen LogP contribution is 2.50. The summed E-state index contributed by atoms with van der Waals surface area (Å²) in [6.45, 7) is 0. The summed E-state index contributed by atoms with van der Waals surface area (Å²) in [5, 5.41) is 7.49. The van der Waals surface area contributed by atoms with Crippen molar-refractivity contribution >= 4 is 81.1 Å². The first-order valence-corrected chi connectivity index (χ1v) is 19.6. The van der Waals surface area contributed by atoms with Gasteiger partial charge in [-0.2, -0.15) is 0 Å². The molecule has 0 unspecified atom stereocenters. The van der Waals surface area contributed by atoms with E-state index in [1.54, 1.807) is 0 Å². The van der Waals surface area contributed by atoms with E-state index in [4.69, 9.17) is 0 Å². The third kappa shape index (κ3) is 5.09. The fourth-order valence-corrected chi connectivity index (χ4v) is 9.77. The van der Waals surface area contributed by atoms with E-state index in [0.29, 0.717) is 0 Å². The van der Waals surface area contributed by atoms with Gasteiger partial charge in [0, 0.05) is 43.1 Å². The molecule has 0 spiro atoms. The van der Waals surface area contributed by atoms with E-state index in [1.807, 2.05) is 11.3 Å². The summed E-state index contributed by atoms with van der Waals surface area (Å²) < 4.78 is 5.03. The van der Waals surface area contributed by atoms with Crippen molar-refractivity contribution in [2.24, 2.45) is 0 Å². The average Bonchev–Trinajstić information content (AvgIpc) is 3.81. The van der Waals surface area contributed by atoms with Crippen LogP contribution in [0.3, 0.4) is 0 Å². The minimum atomic E-state index is 1.11. The van der Waals surface area contributed by atoms with Gasteiger partial charge in [-0.15, -0.1) is 11.3 Å². The van der Waals surface area contributed by atoms with E-state index in [0.717, 1.165) is 22.7 Å². The molecule has 0 bridgehead atoms. The van der Waals surface area contributed by atoms with Crippen molar-refractivity contribution in [2.75, 3.05) is 4.90 Å². The summed E-state index contributed by atoms with van der Waals surface area (Å²) in [6, 6.07) is 75.3. The number of benzene rings is 9. The summed E-state index contributed by atoms with van der Waals surface area (Å²) in [5.74, 6) is 0. The molecule has 0 aliphatic carbocycles. The lowest BCUT2D eigenvalue weighted by Crippen LogP contribution is -2.12. The van der Waals surface area contributed by atoms with Crippen LogP contribution >= 0.6 is 11.3 Å². The first kappa shape index (κ1) is 31.6. The molecule has 2 aromatic heterocycles. The fourth-order valence-electron chi connectivity index (χ4n) is 8.56.